The predicted molar refractivity (Wildman–Crippen MR) is 99.9 cm³/mol. The molecule has 26 heavy (non-hydrogen) atoms. The van der Waals surface area contributed by atoms with Crippen LogP contribution in [0.5, 0.6) is 5.75 Å². The lowest BCUT2D eigenvalue weighted by Gasteiger charge is -2.33. The Hall–Kier alpha value is -2.60. The molecule has 0 spiro atoms. The van der Waals surface area contributed by atoms with Crippen molar-refractivity contribution in [2.45, 2.75) is 18.8 Å². The summed E-state index contributed by atoms with van der Waals surface area (Å²) in [5.74, 6) is 1.38. The SMILES string of the molecule is Nc1nccc(C2CCN(C(=O)C3=Cc4cc(Cl)ccc4OC3)CC2)n1. The molecule has 2 aliphatic heterocycles. The van der Waals surface area contributed by atoms with Gasteiger partial charge in [-0.1, -0.05) is 11.6 Å². The Kier molecular flexibility index (Phi) is 4.51. The maximum absolute atomic E-state index is 12.8. The van der Waals surface area contributed by atoms with Crippen LogP contribution in [-0.4, -0.2) is 40.5 Å². The zero-order chi connectivity index (χ0) is 18.1. The average molecular weight is 371 g/mol. The Morgan fingerprint density at radius 2 is 2.08 bits per heavy atom. The third-order valence-corrected chi connectivity index (χ3v) is 5.09. The fraction of sp³-hybridized carbons (Fsp3) is 0.316. The number of nitrogens with zero attached hydrogens (tertiary/aromatic N) is 3. The van der Waals surface area contributed by atoms with E-state index in [4.69, 9.17) is 22.1 Å². The summed E-state index contributed by atoms with van der Waals surface area (Å²) in [5, 5.41) is 0.627. The average Bonchev–Trinajstić information content (AvgIpc) is 2.67. The number of rotatable bonds is 2. The summed E-state index contributed by atoms with van der Waals surface area (Å²) in [6, 6.07) is 7.33. The van der Waals surface area contributed by atoms with Crippen molar-refractivity contribution in [1.29, 1.82) is 0 Å². The van der Waals surface area contributed by atoms with E-state index in [2.05, 4.69) is 9.97 Å². The number of fused-ring (bicyclic) bond motifs is 1. The molecule has 0 atom stereocenters. The van der Waals surface area contributed by atoms with Gasteiger partial charge >= 0.3 is 0 Å². The molecule has 2 N–H and O–H groups in total. The predicted octanol–water partition coefficient (Wildman–Crippen LogP) is 2.89. The monoisotopic (exact) mass is 370 g/mol. The molecule has 0 saturated carbocycles. The van der Waals surface area contributed by atoms with Gasteiger partial charge in [-0.25, -0.2) is 9.97 Å². The van der Waals surface area contributed by atoms with Crippen LogP contribution in [0.2, 0.25) is 5.02 Å². The topological polar surface area (TPSA) is 81.3 Å². The zero-order valence-corrected chi connectivity index (χ0v) is 14.9. The molecule has 1 fully saturated rings. The summed E-state index contributed by atoms with van der Waals surface area (Å²) < 4.78 is 5.70. The van der Waals surface area contributed by atoms with E-state index in [0.29, 0.717) is 35.6 Å². The van der Waals surface area contributed by atoms with Gasteiger partial charge in [0.25, 0.3) is 5.91 Å². The van der Waals surface area contributed by atoms with E-state index in [1.807, 2.05) is 29.2 Å². The largest absolute Gasteiger partial charge is 0.488 e. The number of piperidine rings is 1. The van der Waals surface area contributed by atoms with E-state index < -0.39 is 0 Å². The van der Waals surface area contributed by atoms with Crippen LogP contribution in [0.4, 0.5) is 5.95 Å². The Balaban J connectivity index is 1.44. The molecule has 1 aromatic heterocycles. The van der Waals surface area contributed by atoms with Gasteiger partial charge in [0.15, 0.2) is 0 Å². The second-order valence-electron chi connectivity index (χ2n) is 6.55. The second-order valence-corrected chi connectivity index (χ2v) is 6.98. The highest BCUT2D eigenvalue weighted by Gasteiger charge is 2.28. The van der Waals surface area contributed by atoms with E-state index in [1.54, 1.807) is 12.3 Å². The highest BCUT2D eigenvalue weighted by atomic mass is 35.5. The van der Waals surface area contributed by atoms with Crippen LogP contribution < -0.4 is 10.5 Å². The number of benzene rings is 1. The first kappa shape index (κ1) is 16.8. The fourth-order valence-corrected chi connectivity index (χ4v) is 3.65. The number of nitrogen functional groups attached to an aromatic ring is 1. The molecule has 2 aliphatic rings. The lowest BCUT2D eigenvalue weighted by atomic mass is 9.93. The molecule has 0 radical (unpaired) electrons. The molecule has 0 unspecified atom stereocenters. The van der Waals surface area contributed by atoms with Crippen molar-refractivity contribution in [3.05, 3.63) is 52.3 Å². The van der Waals surface area contributed by atoms with Gasteiger partial charge in [-0.2, -0.15) is 0 Å². The molecule has 0 bridgehead atoms. The summed E-state index contributed by atoms with van der Waals surface area (Å²) in [7, 11) is 0. The number of halogens is 1. The number of ether oxygens (including phenoxy) is 1. The number of anilines is 1. The lowest BCUT2D eigenvalue weighted by Crippen LogP contribution is -2.40. The van der Waals surface area contributed by atoms with Crippen LogP contribution in [0.25, 0.3) is 6.08 Å². The van der Waals surface area contributed by atoms with E-state index in [1.165, 1.54) is 0 Å². The molecule has 3 heterocycles. The standard InChI is InChI=1S/C19H19ClN4O2/c20-15-1-2-17-13(10-15)9-14(11-26-17)18(25)24-7-4-12(5-8-24)16-3-6-22-19(21)23-16/h1-3,6,9-10,12H,4-5,7-8,11H2,(H2,21,22,23). The van der Waals surface area contributed by atoms with Crippen molar-refractivity contribution in [3.8, 4) is 5.75 Å². The molecule has 6 nitrogen and oxygen atoms in total. The number of amides is 1. The number of carbonyl (C=O) groups excluding carboxylic acids is 1. The number of aromatic nitrogens is 2. The summed E-state index contributed by atoms with van der Waals surface area (Å²) in [5.41, 5.74) is 8.13. The molecular formula is C19H19ClN4O2. The van der Waals surface area contributed by atoms with Crippen LogP contribution in [0.3, 0.4) is 0 Å². The van der Waals surface area contributed by atoms with Gasteiger partial charge in [-0.15, -0.1) is 0 Å². The summed E-state index contributed by atoms with van der Waals surface area (Å²) in [6.07, 6.45) is 5.28. The van der Waals surface area contributed by atoms with E-state index in [0.717, 1.165) is 29.8 Å². The summed E-state index contributed by atoms with van der Waals surface area (Å²) in [6.45, 7) is 1.66. The number of nitrogens with two attached hydrogens (primary N) is 1. The summed E-state index contributed by atoms with van der Waals surface area (Å²) >= 11 is 6.04. The molecule has 134 valence electrons. The Labute approximate surface area is 156 Å². The molecule has 1 saturated heterocycles. The maximum Gasteiger partial charge on any atom is 0.253 e. The van der Waals surface area contributed by atoms with Crippen molar-refractivity contribution >= 4 is 29.5 Å². The highest BCUT2D eigenvalue weighted by Crippen LogP contribution is 2.31. The molecule has 0 aliphatic carbocycles. The van der Waals surface area contributed by atoms with E-state index >= 15 is 0 Å². The summed E-state index contributed by atoms with van der Waals surface area (Å²) in [4.78, 5) is 23.0. The van der Waals surface area contributed by atoms with Crippen LogP contribution in [0.15, 0.2) is 36.0 Å². The third-order valence-electron chi connectivity index (χ3n) is 4.86. The van der Waals surface area contributed by atoms with Crippen molar-refractivity contribution in [2.24, 2.45) is 0 Å². The van der Waals surface area contributed by atoms with Gasteiger partial charge < -0.3 is 15.4 Å². The number of hydrogen-bond acceptors (Lipinski definition) is 5. The fourth-order valence-electron chi connectivity index (χ4n) is 3.47. The Morgan fingerprint density at radius 3 is 2.85 bits per heavy atom. The first-order valence-electron chi connectivity index (χ1n) is 8.61. The molecule has 4 rings (SSSR count). The second kappa shape index (κ2) is 6.96. The van der Waals surface area contributed by atoms with Crippen LogP contribution in [0, 0.1) is 0 Å². The molecular weight excluding hydrogens is 352 g/mol. The first-order valence-corrected chi connectivity index (χ1v) is 8.98. The molecule has 7 heteroatoms. The molecule has 2 aromatic rings. The minimum atomic E-state index is 0.0243. The van der Waals surface area contributed by atoms with Crippen molar-refractivity contribution in [2.75, 3.05) is 25.4 Å². The first-order chi connectivity index (χ1) is 12.6. The Bertz CT molecular complexity index is 876. The third kappa shape index (κ3) is 3.37. The van der Waals surface area contributed by atoms with Gasteiger partial charge in [0, 0.05) is 41.5 Å². The van der Waals surface area contributed by atoms with Crippen LogP contribution in [-0.2, 0) is 4.79 Å². The van der Waals surface area contributed by atoms with Crippen LogP contribution in [0.1, 0.15) is 30.0 Å². The van der Waals surface area contributed by atoms with Gasteiger partial charge in [0.05, 0.1) is 5.57 Å². The van der Waals surface area contributed by atoms with Gasteiger partial charge in [-0.3, -0.25) is 4.79 Å². The van der Waals surface area contributed by atoms with Gasteiger partial charge in [0.1, 0.15) is 12.4 Å². The molecule has 1 amide bonds. The maximum atomic E-state index is 12.8. The highest BCUT2D eigenvalue weighted by molar-refractivity contribution is 6.30. The minimum Gasteiger partial charge on any atom is -0.488 e. The van der Waals surface area contributed by atoms with Crippen LogP contribution >= 0.6 is 11.6 Å². The van der Waals surface area contributed by atoms with Crippen molar-refractivity contribution < 1.29 is 9.53 Å². The zero-order valence-electron chi connectivity index (χ0n) is 14.2. The number of likely N-dealkylation sites (tertiary alicyclic amines) is 1. The smallest absolute Gasteiger partial charge is 0.253 e. The number of hydrogen-bond donors (Lipinski definition) is 1. The normalized spacial score (nSPS) is 17.3. The quantitative estimate of drug-likeness (QED) is 0.879. The lowest BCUT2D eigenvalue weighted by molar-refractivity contribution is -0.128. The van der Waals surface area contributed by atoms with Crippen molar-refractivity contribution in [1.82, 2.24) is 14.9 Å². The van der Waals surface area contributed by atoms with Gasteiger partial charge in [0.2, 0.25) is 5.95 Å². The Morgan fingerprint density at radius 1 is 1.27 bits per heavy atom. The number of carbonyl (C=O) groups is 1. The van der Waals surface area contributed by atoms with E-state index in [9.17, 15) is 4.79 Å². The molecule has 1 aromatic carbocycles. The van der Waals surface area contributed by atoms with Crippen molar-refractivity contribution in [3.63, 3.8) is 0 Å². The van der Waals surface area contributed by atoms with E-state index in [-0.39, 0.29) is 12.5 Å². The minimum absolute atomic E-state index is 0.0243. The van der Waals surface area contributed by atoms with Gasteiger partial charge in [-0.05, 0) is 43.2 Å².